The predicted octanol–water partition coefficient (Wildman–Crippen LogP) is 4.06. The number of benzene rings is 1. The fourth-order valence-electron chi connectivity index (χ4n) is 2.61. The van der Waals surface area contributed by atoms with E-state index in [4.69, 9.17) is 0 Å². The van der Waals surface area contributed by atoms with Gasteiger partial charge >= 0.3 is 0 Å². The van der Waals surface area contributed by atoms with Crippen molar-refractivity contribution in [1.29, 1.82) is 0 Å². The van der Waals surface area contributed by atoms with Gasteiger partial charge in [-0.15, -0.1) is 11.3 Å². The van der Waals surface area contributed by atoms with Crippen LogP contribution in [0.5, 0.6) is 0 Å². The van der Waals surface area contributed by atoms with Gasteiger partial charge in [-0.25, -0.2) is 13.1 Å². The number of hydrogen-bond acceptors (Lipinski definition) is 5. The first-order valence-corrected chi connectivity index (χ1v) is 11.1. The summed E-state index contributed by atoms with van der Waals surface area (Å²) in [6.45, 7) is 0. The monoisotopic (exact) mass is 401 g/mol. The van der Waals surface area contributed by atoms with E-state index in [-0.39, 0.29) is 4.90 Å². The highest BCUT2D eigenvalue weighted by Gasteiger charge is 2.24. The molecule has 5 nitrogen and oxygen atoms in total. The molecule has 4 rings (SSSR count). The summed E-state index contributed by atoms with van der Waals surface area (Å²) in [7, 11) is -3.67. The van der Waals surface area contributed by atoms with Gasteiger partial charge in [0.05, 0.1) is 16.6 Å². The maximum Gasteiger partial charge on any atom is 0.241 e. The van der Waals surface area contributed by atoms with Crippen LogP contribution >= 0.6 is 22.7 Å². The lowest BCUT2D eigenvalue weighted by Gasteiger charge is -2.17. The molecule has 1 atom stereocenters. The van der Waals surface area contributed by atoms with E-state index >= 15 is 0 Å². The molecule has 0 amide bonds. The Morgan fingerprint density at radius 3 is 2.50 bits per heavy atom. The zero-order chi connectivity index (χ0) is 18.0. The van der Waals surface area contributed by atoms with Crippen molar-refractivity contribution >= 4 is 32.7 Å². The number of rotatable bonds is 6. The number of nitrogens with one attached hydrogen (secondary N) is 1. The van der Waals surface area contributed by atoms with Gasteiger partial charge in [-0.2, -0.15) is 21.2 Å². The van der Waals surface area contributed by atoms with Gasteiger partial charge < -0.3 is 0 Å². The van der Waals surface area contributed by atoms with Crippen LogP contribution in [0.25, 0.3) is 5.69 Å². The lowest BCUT2D eigenvalue weighted by Crippen LogP contribution is -2.28. The Hall–Kier alpha value is -2.26. The van der Waals surface area contributed by atoms with Crippen molar-refractivity contribution in [3.63, 3.8) is 0 Å². The average molecular weight is 402 g/mol. The van der Waals surface area contributed by atoms with Crippen molar-refractivity contribution in [2.75, 3.05) is 0 Å². The van der Waals surface area contributed by atoms with Crippen molar-refractivity contribution < 1.29 is 8.42 Å². The summed E-state index contributed by atoms with van der Waals surface area (Å²) in [5.74, 6) is 0. The number of hydrogen-bond donors (Lipinski definition) is 1. The normalized spacial score (nSPS) is 12.9. The van der Waals surface area contributed by atoms with Crippen molar-refractivity contribution in [3.8, 4) is 5.69 Å². The van der Waals surface area contributed by atoms with Crippen LogP contribution in [0.2, 0.25) is 0 Å². The quantitative estimate of drug-likeness (QED) is 0.530. The van der Waals surface area contributed by atoms with Crippen LogP contribution in [0.3, 0.4) is 0 Å². The maximum atomic E-state index is 12.9. The summed E-state index contributed by atoms with van der Waals surface area (Å²) in [4.78, 5) is 1.19. The SMILES string of the molecule is O=S(=O)(N[C@H](c1ccsc1)c1cccs1)c1ccc(-n2cccn2)cc1. The first-order valence-electron chi connectivity index (χ1n) is 7.81. The van der Waals surface area contributed by atoms with Crippen LogP contribution in [-0.2, 0) is 10.0 Å². The molecule has 0 fully saturated rings. The van der Waals surface area contributed by atoms with E-state index in [2.05, 4.69) is 9.82 Å². The minimum absolute atomic E-state index is 0.227. The van der Waals surface area contributed by atoms with E-state index in [0.717, 1.165) is 16.1 Å². The molecule has 0 aliphatic carbocycles. The standard InChI is InChI=1S/C18H15N3O2S3/c22-26(23,16-6-4-15(5-7-16)21-10-2-9-19-21)20-18(14-8-12-24-13-14)17-3-1-11-25-17/h1-13,18,20H/t18-/m1/s1. The molecule has 0 radical (unpaired) electrons. The molecule has 1 N–H and O–H groups in total. The molecule has 0 aliphatic heterocycles. The fourth-order valence-corrected chi connectivity index (χ4v) is 5.37. The minimum atomic E-state index is -3.67. The van der Waals surface area contributed by atoms with Gasteiger partial charge in [0.25, 0.3) is 0 Å². The molecule has 0 spiro atoms. The van der Waals surface area contributed by atoms with Crippen LogP contribution in [0.1, 0.15) is 16.5 Å². The fraction of sp³-hybridized carbons (Fsp3) is 0.0556. The molecule has 8 heteroatoms. The van der Waals surface area contributed by atoms with Crippen LogP contribution in [0.4, 0.5) is 0 Å². The maximum absolute atomic E-state index is 12.9. The molecule has 3 aromatic heterocycles. The zero-order valence-corrected chi connectivity index (χ0v) is 16.0. The molecular formula is C18H15N3O2S3. The van der Waals surface area contributed by atoms with Crippen LogP contribution in [0.15, 0.2) is 82.0 Å². The third-order valence-corrected chi connectivity index (χ3v) is 6.97. The first-order chi connectivity index (χ1) is 12.6. The summed E-state index contributed by atoms with van der Waals surface area (Å²) >= 11 is 3.08. The Morgan fingerprint density at radius 1 is 1.04 bits per heavy atom. The molecule has 1 aromatic carbocycles. The Bertz CT molecular complexity index is 1020. The number of aromatic nitrogens is 2. The summed E-state index contributed by atoms with van der Waals surface area (Å²) in [5, 5.41) is 10.0. The van der Waals surface area contributed by atoms with Gasteiger partial charge in [0.2, 0.25) is 10.0 Å². The summed E-state index contributed by atoms with van der Waals surface area (Å²) in [6, 6.07) is 13.9. The van der Waals surface area contributed by atoms with E-state index in [1.807, 2.05) is 46.6 Å². The second kappa shape index (κ2) is 7.16. The third-order valence-electron chi connectivity index (χ3n) is 3.89. The highest BCUT2D eigenvalue weighted by atomic mass is 32.2. The van der Waals surface area contributed by atoms with Crippen molar-refractivity contribution in [2.45, 2.75) is 10.9 Å². The topological polar surface area (TPSA) is 64.0 Å². The smallest absolute Gasteiger partial charge is 0.241 e. The second-order valence-corrected chi connectivity index (χ2v) is 9.04. The van der Waals surface area contributed by atoms with Crippen LogP contribution < -0.4 is 4.72 Å². The molecule has 132 valence electrons. The summed E-state index contributed by atoms with van der Waals surface area (Å²) in [5.41, 5.74) is 1.75. The van der Waals surface area contributed by atoms with Crippen molar-refractivity contribution in [2.24, 2.45) is 0 Å². The number of sulfonamides is 1. The third kappa shape index (κ3) is 3.49. The number of nitrogens with zero attached hydrogens (tertiary/aromatic N) is 2. The van der Waals surface area contributed by atoms with Crippen LogP contribution in [0, 0.1) is 0 Å². The molecule has 0 saturated carbocycles. The lowest BCUT2D eigenvalue weighted by atomic mass is 10.1. The summed E-state index contributed by atoms with van der Waals surface area (Å²) in [6.07, 6.45) is 3.49. The van der Waals surface area contributed by atoms with Gasteiger partial charge in [-0.1, -0.05) is 6.07 Å². The molecule has 0 unspecified atom stereocenters. The highest BCUT2D eigenvalue weighted by molar-refractivity contribution is 7.89. The van der Waals surface area contributed by atoms with E-state index in [1.165, 1.54) is 11.3 Å². The van der Waals surface area contributed by atoms with Crippen molar-refractivity contribution in [1.82, 2.24) is 14.5 Å². The lowest BCUT2D eigenvalue weighted by molar-refractivity contribution is 0.573. The molecule has 0 bridgehead atoms. The largest absolute Gasteiger partial charge is 0.241 e. The Labute approximate surface area is 159 Å². The zero-order valence-electron chi connectivity index (χ0n) is 13.5. The molecule has 26 heavy (non-hydrogen) atoms. The Kier molecular flexibility index (Phi) is 4.73. The molecule has 3 heterocycles. The Balaban J connectivity index is 1.63. The molecule has 0 aliphatic rings. The second-order valence-electron chi connectivity index (χ2n) is 5.57. The van der Waals surface area contributed by atoms with Crippen LogP contribution in [-0.4, -0.2) is 18.2 Å². The van der Waals surface area contributed by atoms with Gasteiger partial charge in [-0.3, -0.25) is 0 Å². The summed E-state index contributed by atoms with van der Waals surface area (Å²) < 4.78 is 30.3. The molecule has 4 aromatic rings. The van der Waals surface area contributed by atoms with E-state index < -0.39 is 16.1 Å². The van der Waals surface area contributed by atoms with Gasteiger partial charge in [0.15, 0.2) is 0 Å². The van der Waals surface area contributed by atoms with Gasteiger partial charge in [-0.05, 0) is 64.2 Å². The Morgan fingerprint density at radius 2 is 1.88 bits per heavy atom. The predicted molar refractivity (Wildman–Crippen MR) is 104 cm³/mol. The molecule has 0 saturated heterocycles. The van der Waals surface area contributed by atoms with Crippen molar-refractivity contribution in [3.05, 3.63) is 87.5 Å². The molecular weight excluding hydrogens is 386 g/mol. The number of thiophene rings is 2. The minimum Gasteiger partial charge on any atom is -0.241 e. The van der Waals surface area contributed by atoms with E-state index in [0.29, 0.717) is 0 Å². The highest BCUT2D eigenvalue weighted by Crippen LogP contribution is 2.29. The first kappa shape index (κ1) is 17.2. The van der Waals surface area contributed by atoms with E-state index in [9.17, 15) is 8.42 Å². The van der Waals surface area contributed by atoms with Gasteiger partial charge in [0, 0.05) is 17.3 Å². The van der Waals surface area contributed by atoms with E-state index in [1.54, 1.807) is 46.5 Å². The average Bonchev–Trinajstić information content (AvgIpc) is 3.43. The van der Waals surface area contributed by atoms with Gasteiger partial charge in [0.1, 0.15) is 0 Å².